The van der Waals surface area contributed by atoms with Gasteiger partial charge in [-0.1, -0.05) is 54.4 Å². The van der Waals surface area contributed by atoms with Crippen molar-refractivity contribution in [2.75, 3.05) is 18.0 Å². The van der Waals surface area contributed by atoms with Crippen molar-refractivity contribution in [3.05, 3.63) is 109 Å². The van der Waals surface area contributed by atoms with Gasteiger partial charge in [-0.25, -0.2) is 5.01 Å². The van der Waals surface area contributed by atoms with Crippen LogP contribution in [0.25, 0.3) is 6.08 Å². The molecule has 1 saturated heterocycles. The molecular formula is C33H32Cl2N4O3. The number of hydrogen-bond donors (Lipinski definition) is 0. The van der Waals surface area contributed by atoms with E-state index in [9.17, 15) is 14.9 Å². The molecule has 2 aliphatic heterocycles. The van der Waals surface area contributed by atoms with Gasteiger partial charge in [0.15, 0.2) is 0 Å². The van der Waals surface area contributed by atoms with Crippen molar-refractivity contribution in [1.29, 1.82) is 0 Å². The van der Waals surface area contributed by atoms with Crippen LogP contribution in [-0.2, 0) is 0 Å². The zero-order valence-electron chi connectivity index (χ0n) is 23.4. The lowest BCUT2D eigenvalue weighted by Gasteiger charge is -2.32. The second-order valence-electron chi connectivity index (χ2n) is 11.5. The molecule has 9 heteroatoms. The molecule has 1 amide bonds. The van der Waals surface area contributed by atoms with Crippen molar-refractivity contribution in [2.45, 2.75) is 45.1 Å². The molecule has 2 fully saturated rings. The first-order valence-corrected chi connectivity index (χ1v) is 15.2. The summed E-state index contributed by atoms with van der Waals surface area (Å²) in [5.74, 6) is -0.00839. The third-order valence-corrected chi connectivity index (χ3v) is 9.02. The van der Waals surface area contributed by atoms with Crippen molar-refractivity contribution in [3.63, 3.8) is 0 Å². The smallest absolute Gasteiger partial charge is 0.293 e. The van der Waals surface area contributed by atoms with E-state index in [2.05, 4.69) is 13.0 Å². The topological polar surface area (TPSA) is 79.0 Å². The number of hydrazone groups is 1. The van der Waals surface area contributed by atoms with Gasteiger partial charge in [-0.15, -0.1) is 0 Å². The number of fused-ring (bicyclic) bond motifs is 1. The highest BCUT2D eigenvalue weighted by Crippen LogP contribution is 2.47. The van der Waals surface area contributed by atoms with E-state index >= 15 is 0 Å². The molecule has 1 saturated carbocycles. The Bertz CT molecular complexity index is 1560. The summed E-state index contributed by atoms with van der Waals surface area (Å²) in [6.07, 6.45) is 6.94. The van der Waals surface area contributed by atoms with Crippen molar-refractivity contribution in [1.82, 2.24) is 5.01 Å². The van der Waals surface area contributed by atoms with E-state index < -0.39 is 0 Å². The fourth-order valence-electron chi connectivity index (χ4n) is 6.55. The molecule has 3 aliphatic rings. The van der Waals surface area contributed by atoms with Gasteiger partial charge in [-0.05, 0) is 97.2 Å². The van der Waals surface area contributed by atoms with Crippen molar-refractivity contribution in [3.8, 4) is 0 Å². The normalized spacial score (nSPS) is 23.1. The predicted octanol–water partition coefficient (Wildman–Crippen LogP) is 8.57. The van der Waals surface area contributed by atoms with Crippen LogP contribution in [0, 0.1) is 22.0 Å². The highest BCUT2D eigenvalue weighted by molar-refractivity contribution is 6.30. The predicted molar refractivity (Wildman–Crippen MR) is 168 cm³/mol. The summed E-state index contributed by atoms with van der Waals surface area (Å²) in [5.41, 5.74) is 4.68. The monoisotopic (exact) mass is 602 g/mol. The standard InChI is InChI=1S/C33H32Cl2N4O3/c1-21-17-25(19-22-5-10-26(34)11-6-22)31-28(18-21)32(23-7-12-27(35)13-8-23)38(36-31)33(40)24-9-14-29(30(20-24)39(41)42)37-15-3-2-4-16-37/h5-14,19-21,28,32H,2-4,15-18H2,1H3/b25-19+/t21-,28-,32+/m1/s1. The number of halogens is 2. The maximum atomic E-state index is 14.2. The fourth-order valence-corrected chi connectivity index (χ4v) is 6.80. The second kappa shape index (κ2) is 11.9. The molecule has 0 bridgehead atoms. The molecule has 3 aromatic rings. The summed E-state index contributed by atoms with van der Waals surface area (Å²) in [7, 11) is 0. The molecule has 2 heterocycles. The molecule has 1 aliphatic carbocycles. The molecule has 3 atom stereocenters. The lowest BCUT2D eigenvalue weighted by Crippen LogP contribution is -2.33. The molecule has 0 unspecified atom stereocenters. The summed E-state index contributed by atoms with van der Waals surface area (Å²) in [5, 5.41) is 20.0. The van der Waals surface area contributed by atoms with E-state index in [1.54, 1.807) is 12.1 Å². The Hall–Kier alpha value is -3.68. The number of nitrogens with zero attached hydrogens (tertiary/aromatic N) is 4. The van der Waals surface area contributed by atoms with E-state index in [0.717, 1.165) is 67.6 Å². The lowest BCUT2D eigenvalue weighted by atomic mass is 9.73. The molecule has 42 heavy (non-hydrogen) atoms. The fraction of sp³-hybridized carbons (Fsp3) is 0.333. The third-order valence-electron chi connectivity index (χ3n) is 8.51. The van der Waals surface area contributed by atoms with Crippen LogP contribution in [0.2, 0.25) is 10.0 Å². The molecule has 0 spiro atoms. The van der Waals surface area contributed by atoms with Crippen molar-refractivity contribution < 1.29 is 9.72 Å². The minimum absolute atomic E-state index is 0.0277. The van der Waals surface area contributed by atoms with Crippen LogP contribution in [0.4, 0.5) is 11.4 Å². The number of amides is 1. The highest BCUT2D eigenvalue weighted by atomic mass is 35.5. The van der Waals surface area contributed by atoms with Gasteiger partial charge in [0.2, 0.25) is 0 Å². The zero-order valence-corrected chi connectivity index (χ0v) is 24.9. The van der Waals surface area contributed by atoms with E-state index in [0.29, 0.717) is 21.7 Å². The Morgan fingerprint density at radius 3 is 2.31 bits per heavy atom. The number of hydrogen-bond acceptors (Lipinski definition) is 5. The number of carbonyl (C=O) groups is 1. The summed E-state index contributed by atoms with van der Waals surface area (Å²) < 4.78 is 0. The van der Waals surface area contributed by atoms with Crippen LogP contribution < -0.4 is 4.90 Å². The van der Waals surface area contributed by atoms with Crippen LogP contribution in [0.1, 0.15) is 66.6 Å². The molecule has 0 radical (unpaired) electrons. The van der Waals surface area contributed by atoms with Gasteiger partial charge in [0.1, 0.15) is 5.69 Å². The molecular weight excluding hydrogens is 571 g/mol. The van der Waals surface area contributed by atoms with E-state index in [1.165, 1.54) is 11.1 Å². The molecule has 3 aromatic carbocycles. The van der Waals surface area contributed by atoms with Crippen LogP contribution in [-0.4, -0.2) is 34.6 Å². The van der Waals surface area contributed by atoms with E-state index in [1.807, 2.05) is 53.4 Å². The average Bonchev–Trinajstić information content (AvgIpc) is 3.38. The van der Waals surface area contributed by atoms with E-state index in [4.69, 9.17) is 28.3 Å². The number of carbonyl (C=O) groups excluding carboxylic acids is 1. The number of nitro groups is 1. The summed E-state index contributed by atoms with van der Waals surface area (Å²) in [4.78, 5) is 28.0. The third kappa shape index (κ3) is 5.68. The molecule has 7 nitrogen and oxygen atoms in total. The quantitative estimate of drug-likeness (QED) is 0.216. The highest BCUT2D eigenvalue weighted by Gasteiger charge is 2.45. The van der Waals surface area contributed by atoms with Crippen molar-refractivity contribution in [2.24, 2.45) is 16.9 Å². The van der Waals surface area contributed by atoms with Crippen LogP contribution in [0.5, 0.6) is 0 Å². The average molecular weight is 604 g/mol. The van der Waals surface area contributed by atoms with Gasteiger partial charge in [0.05, 0.1) is 16.7 Å². The van der Waals surface area contributed by atoms with Gasteiger partial charge in [-0.3, -0.25) is 14.9 Å². The van der Waals surface area contributed by atoms with Gasteiger partial charge in [0.25, 0.3) is 11.6 Å². The first-order chi connectivity index (χ1) is 20.3. The van der Waals surface area contributed by atoms with Gasteiger partial charge in [0, 0.05) is 40.7 Å². The Morgan fingerprint density at radius 2 is 1.64 bits per heavy atom. The second-order valence-corrected chi connectivity index (χ2v) is 12.4. The van der Waals surface area contributed by atoms with Crippen LogP contribution in [0.3, 0.4) is 0 Å². The Morgan fingerprint density at radius 1 is 0.976 bits per heavy atom. The van der Waals surface area contributed by atoms with Gasteiger partial charge in [-0.2, -0.15) is 5.10 Å². The van der Waals surface area contributed by atoms with Crippen LogP contribution >= 0.6 is 23.2 Å². The number of benzene rings is 3. The number of nitro benzene ring substituents is 1. The number of piperidine rings is 1. The van der Waals surface area contributed by atoms with Gasteiger partial charge >= 0.3 is 0 Å². The first-order valence-electron chi connectivity index (χ1n) is 14.5. The summed E-state index contributed by atoms with van der Waals surface area (Å²) >= 11 is 12.3. The number of allylic oxidation sites excluding steroid dienone is 1. The van der Waals surface area contributed by atoms with E-state index in [-0.39, 0.29) is 34.0 Å². The minimum atomic E-state index is -0.387. The Labute approximate surface area is 255 Å². The molecule has 216 valence electrons. The zero-order chi connectivity index (χ0) is 29.4. The maximum absolute atomic E-state index is 14.2. The summed E-state index contributed by atoms with van der Waals surface area (Å²) in [6.45, 7) is 3.77. The minimum Gasteiger partial charge on any atom is -0.366 e. The molecule has 0 aromatic heterocycles. The summed E-state index contributed by atoms with van der Waals surface area (Å²) in [6, 6.07) is 19.7. The Kier molecular flexibility index (Phi) is 8.06. The number of anilines is 1. The Balaban J connectivity index is 1.41. The largest absolute Gasteiger partial charge is 0.366 e. The van der Waals surface area contributed by atoms with Crippen molar-refractivity contribution >= 4 is 52.3 Å². The first kappa shape index (κ1) is 28.4. The van der Waals surface area contributed by atoms with Crippen LogP contribution in [0.15, 0.2) is 77.4 Å². The number of rotatable bonds is 5. The molecule has 0 N–H and O–H groups in total. The van der Waals surface area contributed by atoms with Gasteiger partial charge < -0.3 is 4.90 Å². The SMILES string of the molecule is C[C@@H]1C/C(=C\c2ccc(Cl)cc2)C2=NN(C(=O)c3ccc(N4CCCCC4)c([N+](=O)[O-])c3)[C@@H](c3ccc(Cl)cc3)[C@@H]2C1. The molecule has 6 rings (SSSR count). The maximum Gasteiger partial charge on any atom is 0.293 e. The lowest BCUT2D eigenvalue weighted by molar-refractivity contribution is -0.384.